The van der Waals surface area contributed by atoms with Gasteiger partial charge in [-0.05, 0) is 30.9 Å². The number of carbonyl (C=O) groups excluding carboxylic acids is 1. The average molecular weight is 339 g/mol. The van der Waals surface area contributed by atoms with Crippen LogP contribution in [-0.2, 0) is 11.2 Å². The molecule has 1 N–H and O–H groups in total. The van der Waals surface area contributed by atoms with Crippen molar-refractivity contribution in [2.45, 2.75) is 19.3 Å². The number of fused-ring (bicyclic) bond motifs is 1. The molecular weight excluding hydrogens is 322 g/mol. The van der Waals surface area contributed by atoms with Gasteiger partial charge in [0.1, 0.15) is 0 Å². The summed E-state index contributed by atoms with van der Waals surface area (Å²) in [5.74, 6) is -0.410. The topological polar surface area (TPSA) is 93.8 Å². The standard InChI is InChI=1S/C18H17N3O4/c22-18(12-25-17-11-4-3-10-16(17)21(23)24)20-19-15-9-5-7-13-6-1-2-8-14(13)15/h1-4,6,8,10-11H,5,7,9,12H2,(H,20,22)/b19-15-. The van der Waals surface area contributed by atoms with E-state index in [2.05, 4.69) is 16.6 Å². The van der Waals surface area contributed by atoms with Crippen LogP contribution in [0.3, 0.4) is 0 Å². The smallest absolute Gasteiger partial charge is 0.310 e. The lowest BCUT2D eigenvalue weighted by Crippen LogP contribution is -2.27. The molecule has 1 aliphatic carbocycles. The van der Waals surface area contributed by atoms with Crippen LogP contribution in [0.25, 0.3) is 0 Å². The number of nitro benzene ring substituents is 1. The van der Waals surface area contributed by atoms with E-state index in [0.717, 1.165) is 30.5 Å². The Balaban J connectivity index is 1.62. The van der Waals surface area contributed by atoms with Gasteiger partial charge in [-0.3, -0.25) is 14.9 Å². The number of nitro groups is 1. The van der Waals surface area contributed by atoms with Crippen LogP contribution in [0.4, 0.5) is 5.69 Å². The number of aryl methyl sites for hydroxylation is 1. The summed E-state index contributed by atoms with van der Waals surface area (Å²) in [6.07, 6.45) is 2.78. The molecule has 0 heterocycles. The molecule has 7 nitrogen and oxygen atoms in total. The summed E-state index contributed by atoms with van der Waals surface area (Å²) in [4.78, 5) is 22.3. The zero-order chi connectivity index (χ0) is 17.6. The predicted molar refractivity (Wildman–Crippen MR) is 92.7 cm³/mol. The van der Waals surface area contributed by atoms with Crippen molar-refractivity contribution in [3.05, 3.63) is 69.8 Å². The number of para-hydroxylation sites is 2. The highest BCUT2D eigenvalue weighted by Gasteiger charge is 2.16. The molecule has 0 radical (unpaired) electrons. The lowest BCUT2D eigenvalue weighted by atomic mass is 9.90. The molecule has 0 fully saturated rings. The van der Waals surface area contributed by atoms with Gasteiger partial charge in [0.25, 0.3) is 5.91 Å². The largest absolute Gasteiger partial charge is 0.477 e. The van der Waals surface area contributed by atoms with Gasteiger partial charge >= 0.3 is 5.69 Å². The summed E-state index contributed by atoms with van der Waals surface area (Å²) >= 11 is 0. The maximum atomic E-state index is 11.9. The second kappa shape index (κ2) is 7.57. The molecule has 0 atom stereocenters. The Hall–Kier alpha value is -3.22. The molecule has 0 aliphatic heterocycles. The summed E-state index contributed by atoms with van der Waals surface area (Å²) in [6, 6.07) is 13.9. The zero-order valence-electron chi connectivity index (χ0n) is 13.5. The molecule has 0 saturated carbocycles. The lowest BCUT2D eigenvalue weighted by molar-refractivity contribution is -0.385. The van der Waals surface area contributed by atoms with E-state index in [1.165, 1.54) is 23.8 Å². The molecule has 7 heteroatoms. The van der Waals surface area contributed by atoms with E-state index in [1.807, 2.05) is 18.2 Å². The second-order valence-electron chi connectivity index (χ2n) is 5.62. The Bertz CT molecular complexity index is 833. The monoisotopic (exact) mass is 339 g/mol. The van der Waals surface area contributed by atoms with Gasteiger partial charge in [-0.25, -0.2) is 5.43 Å². The van der Waals surface area contributed by atoms with E-state index in [4.69, 9.17) is 4.74 Å². The summed E-state index contributed by atoms with van der Waals surface area (Å²) in [5, 5.41) is 15.1. The number of nitrogens with zero attached hydrogens (tertiary/aromatic N) is 2. The van der Waals surface area contributed by atoms with E-state index in [-0.39, 0.29) is 18.0 Å². The quantitative estimate of drug-likeness (QED) is 0.669. The van der Waals surface area contributed by atoms with Crippen molar-refractivity contribution in [1.82, 2.24) is 5.43 Å². The predicted octanol–water partition coefficient (Wildman–Crippen LogP) is 2.83. The normalized spacial score (nSPS) is 14.6. The Morgan fingerprint density at radius 3 is 2.76 bits per heavy atom. The SMILES string of the molecule is O=C(COc1ccccc1[N+](=O)[O-])N/N=C1/CCCc2ccccc21. The third kappa shape index (κ3) is 4.00. The van der Waals surface area contributed by atoms with Crippen LogP contribution in [-0.4, -0.2) is 23.1 Å². The number of rotatable bonds is 5. The Kier molecular flexibility index (Phi) is 5.03. The maximum Gasteiger partial charge on any atom is 0.310 e. The van der Waals surface area contributed by atoms with Crippen LogP contribution in [0, 0.1) is 10.1 Å². The first-order chi connectivity index (χ1) is 12.1. The van der Waals surface area contributed by atoms with Crippen molar-refractivity contribution < 1.29 is 14.5 Å². The molecule has 2 aromatic carbocycles. The molecule has 0 bridgehead atoms. The average Bonchev–Trinajstić information content (AvgIpc) is 2.64. The van der Waals surface area contributed by atoms with E-state index >= 15 is 0 Å². The van der Waals surface area contributed by atoms with Crippen LogP contribution < -0.4 is 10.2 Å². The van der Waals surface area contributed by atoms with Gasteiger partial charge in [-0.15, -0.1) is 0 Å². The number of hydrogen-bond donors (Lipinski definition) is 1. The first-order valence-corrected chi connectivity index (χ1v) is 7.95. The molecule has 0 spiro atoms. The Morgan fingerprint density at radius 2 is 1.92 bits per heavy atom. The number of benzene rings is 2. The first kappa shape index (κ1) is 16.6. The van der Waals surface area contributed by atoms with Crippen LogP contribution >= 0.6 is 0 Å². The minimum atomic E-state index is -0.549. The van der Waals surface area contributed by atoms with E-state index < -0.39 is 10.8 Å². The molecule has 2 aromatic rings. The van der Waals surface area contributed by atoms with Gasteiger partial charge in [-0.1, -0.05) is 36.4 Å². The van der Waals surface area contributed by atoms with Gasteiger partial charge < -0.3 is 4.74 Å². The van der Waals surface area contributed by atoms with Gasteiger partial charge in [-0.2, -0.15) is 5.10 Å². The first-order valence-electron chi connectivity index (χ1n) is 7.95. The van der Waals surface area contributed by atoms with E-state index in [9.17, 15) is 14.9 Å². The van der Waals surface area contributed by atoms with Crippen molar-refractivity contribution in [2.75, 3.05) is 6.61 Å². The van der Waals surface area contributed by atoms with Crippen molar-refractivity contribution >= 4 is 17.3 Å². The van der Waals surface area contributed by atoms with Crippen LogP contribution in [0.2, 0.25) is 0 Å². The molecule has 0 aromatic heterocycles. The van der Waals surface area contributed by atoms with Crippen LogP contribution in [0.15, 0.2) is 53.6 Å². The molecule has 128 valence electrons. The highest BCUT2D eigenvalue weighted by atomic mass is 16.6. The van der Waals surface area contributed by atoms with E-state index in [0.29, 0.717) is 0 Å². The molecule has 0 unspecified atom stereocenters. The molecule has 0 saturated heterocycles. The van der Waals surface area contributed by atoms with Crippen molar-refractivity contribution in [2.24, 2.45) is 5.10 Å². The highest BCUT2D eigenvalue weighted by Crippen LogP contribution is 2.25. The summed E-state index contributed by atoms with van der Waals surface area (Å²) < 4.78 is 5.25. The minimum absolute atomic E-state index is 0.0540. The van der Waals surface area contributed by atoms with Crippen LogP contribution in [0.5, 0.6) is 5.75 Å². The molecular formula is C18H17N3O4. The number of nitrogens with one attached hydrogen (secondary N) is 1. The summed E-state index contributed by atoms with van der Waals surface area (Å²) in [6.45, 7) is -0.344. The van der Waals surface area contributed by atoms with Gasteiger partial charge in [0.15, 0.2) is 12.4 Å². The highest BCUT2D eigenvalue weighted by molar-refractivity contribution is 6.03. The number of ether oxygens (including phenoxy) is 1. The maximum absolute atomic E-state index is 11.9. The number of amides is 1. The lowest BCUT2D eigenvalue weighted by Gasteiger charge is -2.17. The fourth-order valence-electron chi connectivity index (χ4n) is 2.75. The third-order valence-electron chi connectivity index (χ3n) is 3.92. The fourth-order valence-corrected chi connectivity index (χ4v) is 2.75. The van der Waals surface area contributed by atoms with Crippen molar-refractivity contribution in [3.63, 3.8) is 0 Å². The Labute approximate surface area is 144 Å². The zero-order valence-corrected chi connectivity index (χ0v) is 13.5. The Morgan fingerprint density at radius 1 is 1.16 bits per heavy atom. The molecule has 1 amide bonds. The second-order valence-corrected chi connectivity index (χ2v) is 5.62. The third-order valence-corrected chi connectivity index (χ3v) is 3.92. The fraction of sp³-hybridized carbons (Fsp3) is 0.222. The number of hydrogen-bond acceptors (Lipinski definition) is 5. The van der Waals surface area contributed by atoms with Gasteiger partial charge in [0.2, 0.25) is 0 Å². The van der Waals surface area contributed by atoms with Gasteiger partial charge in [0.05, 0.1) is 10.6 Å². The number of hydrazone groups is 1. The summed E-state index contributed by atoms with van der Waals surface area (Å²) in [7, 11) is 0. The van der Waals surface area contributed by atoms with Gasteiger partial charge in [0, 0.05) is 11.6 Å². The molecule has 3 rings (SSSR count). The van der Waals surface area contributed by atoms with E-state index in [1.54, 1.807) is 6.07 Å². The minimum Gasteiger partial charge on any atom is -0.477 e. The van der Waals surface area contributed by atoms with Crippen molar-refractivity contribution in [1.29, 1.82) is 0 Å². The van der Waals surface area contributed by atoms with Crippen LogP contribution in [0.1, 0.15) is 24.0 Å². The molecule has 25 heavy (non-hydrogen) atoms. The summed E-state index contributed by atoms with van der Waals surface area (Å²) in [5.41, 5.74) is 5.39. The molecule has 1 aliphatic rings. The van der Waals surface area contributed by atoms with Crippen molar-refractivity contribution in [3.8, 4) is 5.75 Å². The number of carbonyl (C=O) groups is 1.